The van der Waals surface area contributed by atoms with Crippen molar-refractivity contribution < 1.29 is 4.74 Å². The first-order chi connectivity index (χ1) is 13.8. The molecule has 8 nitrogen and oxygen atoms in total. The summed E-state index contributed by atoms with van der Waals surface area (Å²) >= 11 is 0. The summed E-state index contributed by atoms with van der Waals surface area (Å²) in [4.78, 5) is 9.67. The van der Waals surface area contributed by atoms with Crippen LogP contribution < -0.4 is 10.6 Å². The van der Waals surface area contributed by atoms with Crippen LogP contribution in [-0.4, -0.2) is 45.0 Å². The molecule has 146 valence electrons. The molecular formula is C20H25N7O. The molecule has 8 heteroatoms. The van der Waals surface area contributed by atoms with Crippen LogP contribution in [0.25, 0.3) is 11.4 Å². The van der Waals surface area contributed by atoms with Gasteiger partial charge in [0.25, 0.3) is 0 Å². The number of hydrogen-bond donors (Lipinski definition) is 2. The molecule has 1 unspecified atom stereocenters. The highest BCUT2D eigenvalue weighted by molar-refractivity contribution is 5.60. The Hall–Kier alpha value is -2.84. The van der Waals surface area contributed by atoms with Crippen LogP contribution in [0.2, 0.25) is 0 Å². The van der Waals surface area contributed by atoms with E-state index >= 15 is 0 Å². The van der Waals surface area contributed by atoms with Crippen LogP contribution in [0.15, 0.2) is 36.7 Å². The van der Waals surface area contributed by atoms with Crippen molar-refractivity contribution in [3.8, 4) is 11.4 Å². The van der Waals surface area contributed by atoms with Gasteiger partial charge in [0.1, 0.15) is 12.1 Å². The summed E-state index contributed by atoms with van der Waals surface area (Å²) in [5, 5.41) is 15.3. The van der Waals surface area contributed by atoms with Gasteiger partial charge in [0.15, 0.2) is 11.6 Å². The molecule has 0 radical (unpaired) electrons. The topological polar surface area (TPSA) is 89.8 Å². The van der Waals surface area contributed by atoms with Gasteiger partial charge >= 0.3 is 0 Å². The average Bonchev–Trinajstić information content (AvgIpc) is 3.21. The Morgan fingerprint density at radius 1 is 1.25 bits per heavy atom. The quantitative estimate of drug-likeness (QED) is 0.650. The number of fused-ring (bicyclic) bond motifs is 1. The van der Waals surface area contributed by atoms with Gasteiger partial charge in [-0.25, -0.2) is 9.97 Å². The van der Waals surface area contributed by atoms with E-state index in [1.54, 1.807) is 13.4 Å². The third-order valence-electron chi connectivity index (χ3n) is 4.89. The van der Waals surface area contributed by atoms with Crippen molar-refractivity contribution in [1.29, 1.82) is 0 Å². The summed E-state index contributed by atoms with van der Waals surface area (Å²) in [7, 11) is 1.69. The Kier molecular flexibility index (Phi) is 5.59. The highest BCUT2D eigenvalue weighted by atomic mass is 16.5. The summed E-state index contributed by atoms with van der Waals surface area (Å²) in [6.45, 7) is 5.08. The lowest BCUT2D eigenvalue weighted by Gasteiger charge is -2.23. The summed E-state index contributed by atoms with van der Waals surface area (Å²) in [5.74, 6) is 2.47. The van der Waals surface area contributed by atoms with E-state index in [9.17, 15) is 0 Å². The van der Waals surface area contributed by atoms with E-state index < -0.39 is 0 Å². The van der Waals surface area contributed by atoms with Crippen molar-refractivity contribution in [1.82, 2.24) is 30.0 Å². The molecule has 4 rings (SSSR count). The molecule has 2 aromatic heterocycles. The van der Waals surface area contributed by atoms with Crippen LogP contribution in [0.3, 0.4) is 0 Å². The van der Waals surface area contributed by atoms with E-state index in [4.69, 9.17) is 14.7 Å². The second kappa shape index (κ2) is 8.45. The number of ether oxygens (including phenoxy) is 1. The minimum atomic E-state index is -0.0446. The maximum absolute atomic E-state index is 5.18. The van der Waals surface area contributed by atoms with Crippen molar-refractivity contribution >= 4 is 5.82 Å². The molecule has 0 fully saturated rings. The zero-order valence-electron chi connectivity index (χ0n) is 16.2. The molecule has 0 aliphatic carbocycles. The predicted octanol–water partition coefficient (Wildman–Crippen LogP) is 2.20. The molecule has 0 bridgehead atoms. The third-order valence-corrected chi connectivity index (χ3v) is 4.89. The molecule has 3 heterocycles. The zero-order valence-corrected chi connectivity index (χ0v) is 16.2. The fraction of sp³-hybridized carbons (Fsp3) is 0.400. The monoisotopic (exact) mass is 379 g/mol. The SMILES string of the molecule is COCCn1cnnc1C(C)Nc1nc(-c2ccccc2)nc2c1CCNC2. The molecule has 1 aliphatic rings. The Bertz CT molecular complexity index is 926. The number of benzene rings is 1. The number of rotatable bonds is 7. The van der Waals surface area contributed by atoms with Gasteiger partial charge in [0.05, 0.1) is 18.3 Å². The van der Waals surface area contributed by atoms with E-state index in [1.165, 1.54) is 5.56 Å². The fourth-order valence-electron chi connectivity index (χ4n) is 3.43. The van der Waals surface area contributed by atoms with Gasteiger partial charge in [-0.15, -0.1) is 10.2 Å². The zero-order chi connectivity index (χ0) is 19.3. The van der Waals surface area contributed by atoms with Crippen LogP contribution in [0.4, 0.5) is 5.82 Å². The van der Waals surface area contributed by atoms with Crippen LogP contribution in [0.5, 0.6) is 0 Å². The second-order valence-corrected chi connectivity index (χ2v) is 6.86. The van der Waals surface area contributed by atoms with Gasteiger partial charge in [-0.3, -0.25) is 0 Å². The van der Waals surface area contributed by atoms with Crippen molar-refractivity contribution in [2.24, 2.45) is 0 Å². The smallest absolute Gasteiger partial charge is 0.161 e. The van der Waals surface area contributed by atoms with E-state index in [-0.39, 0.29) is 6.04 Å². The minimum Gasteiger partial charge on any atom is -0.383 e. The molecule has 0 spiro atoms. The Labute approximate surface area is 164 Å². The Balaban J connectivity index is 1.66. The van der Waals surface area contributed by atoms with Crippen LogP contribution >= 0.6 is 0 Å². The second-order valence-electron chi connectivity index (χ2n) is 6.86. The number of nitrogens with zero attached hydrogens (tertiary/aromatic N) is 5. The van der Waals surface area contributed by atoms with E-state index in [0.29, 0.717) is 13.2 Å². The van der Waals surface area contributed by atoms with E-state index in [1.807, 2.05) is 34.9 Å². The molecule has 3 aromatic rings. The third kappa shape index (κ3) is 3.88. The fourth-order valence-corrected chi connectivity index (χ4v) is 3.43. The molecule has 0 saturated carbocycles. The summed E-state index contributed by atoms with van der Waals surface area (Å²) in [6.07, 6.45) is 2.64. The van der Waals surface area contributed by atoms with Crippen LogP contribution in [-0.2, 0) is 24.2 Å². The lowest BCUT2D eigenvalue weighted by atomic mass is 10.1. The highest BCUT2D eigenvalue weighted by Crippen LogP contribution is 2.27. The minimum absolute atomic E-state index is 0.0446. The standard InChI is InChI=1S/C20H25N7O/c1-14(20-26-22-13-27(20)10-11-28-2)23-19-16-8-9-21-12-17(16)24-18(25-19)15-6-4-3-5-7-15/h3-7,13-14,21H,8-12H2,1-2H3,(H,23,24,25). The van der Waals surface area contributed by atoms with Crippen molar-refractivity contribution in [3.05, 3.63) is 53.7 Å². The molecule has 0 saturated heterocycles. The summed E-state index contributed by atoms with van der Waals surface area (Å²) in [5.41, 5.74) is 3.23. The molecule has 1 aromatic carbocycles. The van der Waals surface area contributed by atoms with Gasteiger partial charge in [-0.1, -0.05) is 30.3 Å². The lowest BCUT2D eigenvalue weighted by molar-refractivity contribution is 0.186. The Morgan fingerprint density at radius 3 is 2.93 bits per heavy atom. The molecular weight excluding hydrogens is 354 g/mol. The van der Waals surface area contributed by atoms with Crippen LogP contribution in [0, 0.1) is 0 Å². The van der Waals surface area contributed by atoms with E-state index in [0.717, 1.165) is 48.2 Å². The van der Waals surface area contributed by atoms with Gasteiger partial charge < -0.3 is 19.9 Å². The number of hydrogen-bond acceptors (Lipinski definition) is 7. The maximum atomic E-state index is 5.18. The predicted molar refractivity (Wildman–Crippen MR) is 107 cm³/mol. The lowest BCUT2D eigenvalue weighted by Crippen LogP contribution is -2.27. The van der Waals surface area contributed by atoms with Crippen molar-refractivity contribution in [2.45, 2.75) is 32.5 Å². The summed E-state index contributed by atoms with van der Waals surface area (Å²) < 4.78 is 7.19. The molecule has 28 heavy (non-hydrogen) atoms. The van der Waals surface area contributed by atoms with Gasteiger partial charge in [-0.2, -0.15) is 0 Å². The first-order valence-corrected chi connectivity index (χ1v) is 9.55. The number of methoxy groups -OCH3 is 1. The highest BCUT2D eigenvalue weighted by Gasteiger charge is 2.21. The largest absolute Gasteiger partial charge is 0.383 e. The Morgan fingerprint density at radius 2 is 2.11 bits per heavy atom. The molecule has 1 atom stereocenters. The van der Waals surface area contributed by atoms with Crippen molar-refractivity contribution in [2.75, 3.05) is 25.6 Å². The van der Waals surface area contributed by atoms with Gasteiger partial charge in [0, 0.05) is 31.3 Å². The number of nitrogens with one attached hydrogen (secondary N) is 2. The van der Waals surface area contributed by atoms with Crippen molar-refractivity contribution in [3.63, 3.8) is 0 Å². The van der Waals surface area contributed by atoms with E-state index in [2.05, 4.69) is 27.8 Å². The van der Waals surface area contributed by atoms with Gasteiger partial charge in [0.2, 0.25) is 0 Å². The molecule has 2 N–H and O–H groups in total. The average molecular weight is 379 g/mol. The number of anilines is 1. The summed E-state index contributed by atoms with van der Waals surface area (Å²) in [6, 6.07) is 10.0. The first-order valence-electron chi connectivity index (χ1n) is 9.55. The van der Waals surface area contributed by atoms with Gasteiger partial charge in [-0.05, 0) is 19.9 Å². The normalized spacial score (nSPS) is 14.5. The molecule has 1 aliphatic heterocycles. The van der Waals surface area contributed by atoms with Crippen LogP contribution in [0.1, 0.15) is 30.0 Å². The first kappa shape index (κ1) is 18.5. The maximum Gasteiger partial charge on any atom is 0.161 e. The number of aromatic nitrogens is 5. The molecule has 0 amide bonds.